The van der Waals surface area contributed by atoms with E-state index in [9.17, 15) is 0 Å². The van der Waals surface area contributed by atoms with Gasteiger partial charge in [0.15, 0.2) is 0 Å². The maximum atomic E-state index is 5.60. The SMILES string of the molecule is C1COC(c2nc3c([nH]2)CNCC3)C1. The molecule has 3 heterocycles. The molecule has 1 fully saturated rings. The fourth-order valence-corrected chi connectivity index (χ4v) is 2.19. The van der Waals surface area contributed by atoms with Crippen molar-refractivity contribution >= 4 is 0 Å². The topological polar surface area (TPSA) is 49.9 Å². The molecule has 76 valence electrons. The van der Waals surface area contributed by atoms with Crippen LogP contribution in [-0.2, 0) is 17.7 Å². The molecule has 3 rings (SSSR count). The summed E-state index contributed by atoms with van der Waals surface area (Å²) in [5.74, 6) is 1.04. The van der Waals surface area contributed by atoms with Crippen LogP contribution in [0.2, 0.25) is 0 Å². The number of ether oxygens (including phenoxy) is 1. The third-order valence-corrected chi connectivity index (χ3v) is 2.96. The van der Waals surface area contributed by atoms with E-state index in [0.717, 1.165) is 44.8 Å². The normalized spacial score (nSPS) is 26.4. The van der Waals surface area contributed by atoms with Crippen LogP contribution < -0.4 is 5.32 Å². The highest BCUT2D eigenvalue weighted by Gasteiger charge is 2.23. The van der Waals surface area contributed by atoms with Crippen molar-refractivity contribution in [2.75, 3.05) is 13.2 Å². The minimum atomic E-state index is 0.223. The Hall–Kier alpha value is -0.870. The van der Waals surface area contributed by atoms with Crippen LogP contribution in [0.15, 0.2) is 0 Å². The number of imidazole rings is 1. The summed E-state index contributed by atoms with van der Waals surface area (Å²) in [6.45, 7) is 2.85. The van der Waals surface area contributed by atoms with Gasteiger partial charge in [-0.15, -0.1) is 0 Å². The van der Waals surface area contributed by atoms with Gasteiger partial charge in [-0.25, -0.2) is 4.98 Å². The van der Waals surface area contributed by atoms with Gasteiger partial charge in [-0.3, -0.25) is 0 Å². The van der Waals surface area contributed by atoms with Crippen molar-refractivity contribution in [3.05, 3.63) is 17.2 Å². The average molecular weight is 193 g/mol. The summed E-state index contributed by atoms with van der Waals surface area (Å²) in [5, 5.41) is 3.33. The summed E-state index contributed by atoms with van der Waals surface area (Å²) in [4.78, 5) is 7.99. The van der Waals surface area contributed by atoms with Crippen molar-refractivity contribution < 1.29 is 4.74 Å². The lowest BCUT2D eigenvalue weighted by Gasteiger charge is -2.09. The molecule has 0 aromatic carbocycles. The van der Waals surface area contributed by atoms with Gasteiger partial charge in [0, 0.05) is 26.1 Å². The molecule has 1 aromatic heterocycles. The lowest BCUT2D eigenvalue weighted by Crippen LogP contribution is -2.23. The van der Waals surface area contributed by atoms with E-state index in [1.54, 1.807) is 0 Å². The molecule has 1 atom stereocenters. The first kappa shape index (κ1) is 8.44. The fourth-order valence-electron chi connectivity index (χ4n) is 2.19. The number of nitrogens with zero attached hydrogens (tertiary/aromatic N) is 1. The van der Waals surface area contributed by atoms with Gasteiger partial charge in [0.1, 0.15) is 11.9 Å². The van der Waals surface area contributed by atoms with E-state index in [1.807, 2.05) is 0 Å². The second kappa shape index (κ2) is 3.37. The van der Waals surface area contributed by atoms with Crippen LogP contribution in [0.4, 0.5) is 0 Å². The third-order valence-electron chi connectivity index (χ3n) is 2.96. The van der Waals surface area contributed by atoms with E-state index in [2.05, 4.69) is 15.3 Å². The molecule has 2 N–H and O–H groups in total. The van der Waals surface area contributed by atoms with E-state index in [0.29, 0.717) is 0 Å². The minimum absolute atomic E-state index is 0.223. The van der Waals surface area contributed by atoms with Crippen molar-refractivity contribution in [1.29, 1.82) is 0 Å². The van der Waals surface area contributed by atoms with Crippen molar-refractivity contribution in [3.63, 3.8) is 0 Å². The van der Waals surface area contributed by atoms with Gasteiger partial charge < -0.3 is 15.0 Å². The third kappa shape index (κ3) is 1.35. The second-order valence-corrected chi connectivity index (χ2v) is 3.98. The molecule has 2 aliphatic heterocycles. The zero-order chi connectivity index (χ0) is 9.38. The van der Waals surface area contributed by atoms with Crippen LogP contribution >= 0.6 is 0 Å². The highest BCUT2D eigenvalue weighted by molar-refractivity contribution is 5.18. The van der Waals surface area contributed by atoms with Gasteiger partial charge in [0.2, 0.25) is 0 Å². The van der Waals surface area contributed by atoms with Crippen LogP contribution in [0.3, 0.4) is 0 Å². The molecule has 4 heteroatoms. The first-order chi connectivity index (χ1) is 6.93. The van der Waals surface area contributed by atoms with Crippen LogP contribution in [0.5, 0.6) is 0 Å². The molecule has 14 heavy (non-hydrogen) atoms. The lowest BCUT2D eigenvalue weighted by molar-refractivity contribution is 0.105. The number of hydrogen-bond donors (Lipinski definition) is 2. The summed E-state index contributed by atoms with van der Waals surface area (Å²) in [7, 11) is 0. The van der Waals surface area contributed by atoms with Crippen LogP contribution in [-0.4, -0.2) is 23.1 Å². The quantitative estimate of drug-likeness (QED) is 0.697. The Morgan fingerprint density at radius 3 is 3.21 bits per heavy atom. The largest absolute Gasteiger partial charge is 0.370 e. The number of rotatable bonds is 1. The molecule has 0 aliphatic carbocycles. The van der Waals surface area contributed by atoms with Gasteiger partial charge >= 0.3 is 0 Å². The Bertz CT molecular complexity index is 305. The van der Waals surface area contributed by atoms with Crippen molar-refractivity contribution in [2.24, 2.45) is 0 Å². The molecule has 1 saturated heterocycles. The molecule has 4 nitrogen and oxygen atoms in total. The Kier molecular flexibility index (Phi) is 2.03. The van der Waals surface area contributed by atoms with Gasteiger partial charge in [-0.1, -0.05) is 0 Å². The molecular weight excluding hydrogens is 178 g/mol. The summed E-state index contributed by atoms with van der Waals surface area (Å²) < 4.78 is 5.60. The fraction of sp³-hybridized carbons (Fsp3) is 0.700. The Labute approximate surface area is 83.1 Å². The van der Waals surface area contributed by atoms with Gasteiger partial charge in [0.25, 0.3) is 0 Å². The highest BCUT2D eigenvalue weighted by atomic mass is 16.5. The number of nitrogens with one attached hydrogen (secondary N) is 2. The standard InChI is InChI=1S/C10H15N3O/c1-2-9(14-5-1)10-12-7-3-4-11-6-8(7)13-10/h9,11H,1-6H2,(H,12,13). The summed E-state index contributed by atoms with van der Waals surface area (Å²) >= 11 is 0. The molecule has 2 aliphatic rings. The predicted octanol–water partition coefficient (Wildman–Crippen LogP) is 0.907. The zero-order valence-electron chi connectivity index (χ0n) is 8.18. The number of aromatic amines is 1. The highest BCUT2D eigenvalue weighted by Crippen LogP contribution is 2.27. The molecule has 1 aromatic rings. The van der Waals surface area contributed by atoms with E-state index in [1.165, 1.54) is 11.4 Å². The Balaban J connectivity index is 1.87. The second-order valence-electron chi connectivity index (χ2n) is 3.98. The van der Waals surface area contributed by atoms with Crippen molar-refractivity contribution in [1.82, 2.24) is 15.3 Å². The molecule has 0 bridgehead atoms. The predicted molar refractivity (Wildman–Crippen MR) is 51.9 cm³/mol. The molecule has 0 spiro atoms. The molecule has 0 saturated carbocycles. The summed E-state index contributed by atoms with van der Waals surface area (Å²) in [6.07, 6.45) is 3.53. The van der Waals surface area contributed by atoms with Gasteiger partial charge in [0.05, 0.1) is 11.4 Å². The molecule has 1 unspecified atom stereocenters. The first-order valence-electron chi connectivity index (χ1n) is 5.33. The average Bonchev–Trinajstić information content (AvgIpc) is 2.86. The number of fused-ring (bicyclic) bond motifs is 1. The van der Waals surface area contributed by atoms with Crippen molar-refractivity contribution in [2.45, 2.75) is 31.9 Å². The van der Waals surface area contributed by atoms with E-state index < -0.39 is 0 Å². The maximum absolute atomic E-state index is 5.60. The van der Waals surface area contributed by atoms with E-state index in [4.69, 9.17) is 4.74 Å². The zero-order valence-corrected chi connectivity index (χ0v) is 8.18. The van der Waals surface area contributed by atoms with E-state index >= 15 is 0 Å². The number of aromatic nitrogens is 2. The monoisotopic (exact) mass is 193 g/mol. The van der Waals surface area contributed by atoms with Crippen LogP contribution in [0.25, 0.3) is 0 Å². The molecule has 0 radical (unpaired) electrons. The Morgan fingerprint density at radius 1 is 1.43 bits per heavy atom. The minimum Gasteiger partial charge on any atom is -0.370 e. The van der Waals surface area contributed by atoms with E-state index in [-0.39, 0.29) is 6.10 Å². The number of H-pyrrole nitrogens is 1. The summed E-state index contributed by atoms with van der Waals surface area (Å²) in [6, 6.07) is 0. The molecular formula is C10H15N3O. The number of hydrogen-bond acceptors (Lipinski definition) is 3. The maximum Gasteiger partial charge on any atom is 0.135 e. The lowest BCUT2D eigenvalue weighted by atomic mass is 10.2. The molecule has 0 amide bonds. The first-order valence-corrected chi connectivity index (χ1v) is 5.33. The van der Waals surface area contributed by atoms with Crippen molar-refractivity contribution in [3.8, 4) is 0 Å². The van der Waals surface area contributed by atoms with Gasteiger partial charge in [-0.2, -0.15) is 0 Å². The van der Waals surface area contributed by atoms with Crippen LogP contribution in [0.1, 0.15) is 36.2 Å². The summed E-state index contributed by atoms with van der Waals surface area (Å²) in [5.41, 5.74) is 2.48. The van der Waals surface area contributed by atoms with Crippen LogP contribution in [0, 0.1) is 0 Å². The smallest absolute Gasteiger partial charge is 0.135 e. The van der Waals surface area contributed by atoms with Gasteiger partial charge in [-0.05, 0) is 12.8 Å². The Morgan fingerprint density at radius 2 is 2.43 bits per heavy atom.